The highest BCUT2D eigenvalue weighted by Crippen LogP contribution is 2.15. The zero-order chi connectivity index (χ0) is 14.5. The van der Waals surface area contributed by atoms with Gasteiger partial charge in [-0.15, -0.1) is 11.3 Å². The number of para-hydroxylation sites is 2. The molecule has 0 amide bonds. The van der Waals surface area contributed by atoms with Gasteiger partial charge >= 0.3 is 0 Å². The van der Waals surface area contributed by atoms with Gasteiger partial charge in [-0.25, -0.2) is 4.98 Å². The van der Waals surface area contributed by atoms with E-state index in [1.807, 2.05) is 23.7 Å². The second kappa shape index (κ2) is 6.87. The predicted octanol–water partition coefficient (Wildman–Crippen LogP) is 3.71. The van der Waals surface area contributed by atoms with Gasteiger partial charge in [-0.1, -0.05) is 25.1 Å². The molecular weight excluding hydrogens is 278 g/mol. The molecule has 1 aromatic carbocycles. The molecule has 110 valence electrons. The first kappa shape index (κ1) is 14.3. The summed E-state index contributed by atoms with van der Waals surface area (Å²) >= 11 is 1.84. The van der Waals surface area contributed by atoms with E-state index in [1.54, 1.807) is 0 Å². The molecule has 0 fully saturated rings. The van der Waals surface area contributed by atoms with Gasteiger partial charge in [0.1, 0.15) is 0 Å². The van der Waals surface area contributed by atoms with Crippen LogP contribution in [0.5, 0.6) is 0 Å². The zero-order valence-corrected chi connectivity index (χ0v) is 13.1. The molecule has 0 saturated carbocycles. The van der Waals surface area contributed by atoms with E-state index in [2.05, 4.69) is 57.5 Å². The maximum Gasteiger partial charge on any atom is 0.0958 e. The lowest BCUT2D eigenvalue weighted by molar-refractivity contribution is 0.452. The summed E-state index contributed by atoms with van der Waals surface area (Å²) in [5.74, 6) is 0. The molecule has 1 unspecified atom stereocenters. The quantitative estimate of drug-likeness (QED) is 0.721. The fourth-order valence-electron chi connectivity index (χ4n) is 2.61. The second-order valence-electron chi connectivity index (χ2n) is 5.32. The molecule has 0 saturated heterocycles. The van der Waals surface area contributed by atoms with Gasteiger partial charge in [0.2, 0.25) is 0 Å². The lowest BCUT2D eigenvalue weighted by Crippen LogP contribution is -2.35. The van der Waals surface area contributed by atoms with Crippen molar-refractivity contribution in [1.29, 1.82) is 0 Å². The average molecular weight is 299 g/mol. The Morgan fingerprint density at radius 3 is 2.95 bits per heavy atom. The first-order chi connectivity index (χ1) is 10.4. The number of benzene rings is 1. The number of fused-ring (bicyclic) bond motifs is 1. The van der Waals surface area contributed by atoms with Crippen LogP contribution in [0.15, 0.2) is 48.1 Å². The largest absolute Gasteiger partial charge is 0.329 e. The molecule has 1 N–H and O–H groups in total. The lowest BCUT2D eigenvalue weighted by Gasteiger charge is -2.19. The van der Waals surface area contributed by atoms with Gasteiger partial charge in [0.25, 0.3) is 0 Å². The molecule has 21 heavy (non-hydrogen) atoms. The predicted molar refractivity (Wildman–Crippen MR) is 89.8 cm³/mol. The molecule has 0 spiro atoms. The van der Waals surface area contributed by atoms with Crippen LogP contribution in [0.2, 0.25) is 0 Å². The Morgan fingerprint density at radius 2 is 2.14 bits per heavy atom. The normalized spacial score (nSPS) is 12.8. The van der Waals surface area contributed by atoms with Crippen LogP contribution < -0.4 is 5.32 Å². The number of imidazole rings is 1. The van der Waals surface area contributed by atoms with Crippen LogP contribution in [-0.4, -0.2) is 22.1 Å². The summed E-state index contributed by atoms with van der Waals surface area (Å²) in [6.07, 6.45) is 4.19. The third-order valence-corrected chi connectivity index (χ3v) is 4.55. The maximum atomic E-state index is 4.49. The van der Waals surface area contributed by atoms with E-state index in [1.165, 1.54) is 10.4 Å². The van der Waals surface area contributed by atoms with Crippen molar-refractivity contribution in [2.24, 2.45) is 0 Å². The van der Waals surface area contributed by atoms with Crippen LogP contribution in [0.1, 0.15) is 18.2 Å². The van der Waals surface area contributed by atoms with Crippen molar-refractivity contribution in [3.8, 4) is 0 Å². The van der Waals surface area contributed by atoms with E-state index < -0.39 is 0 Å². The van der Waals surface area contributed by atoms with Crippen LogP contribution in [-0.2, 0) is 13.0 Å². The van der Waals surface area contributed by atoms with E-state index in [0.29, 0.717) is 6.04 Å². The van der Waals surface area contributed by atoms with E-state index in [4.69, 9.17) is 0 Å². The molecule has 0 bridgehead atoms. The highest BCUT2D eigenvalue weighted by atomic mass is 32.1. The molecule has 2 heterocycles. The van der Waals surface area contributed by atoms with Crippen molar-refractivity contribution in [2.75, 3.05) is 6.54 Å². The third kappa shape index (κ3) is 3.52. The van der Waals surface area contributed by atoms with Gasteiger partial charge in [0, 0.05) is 17.5 Å². The van der Waals surface area contributed by atoms with Gasteiger partial charge in [-0.3, -0.25) is 0 Å². The molecule has 3 nitrogen and oxygen atoms in total. The van der Waals surface area contributed by atoms with E-state index in [0.717, 1.165) is 31.4 Å². The molecule has 0 radical (unpaired) electrons. The average Bonchev–Trinajstić information content (AvgIpc) is 3.15. The first-order valence-corrected chi connectivity index (χ1v) is 8.40. The van der Waals surface area contributed by atoms with Gasteiger partial charge in [0.05, 0.1) is 17.4 Å². The number of nitrogens with one attached hydrogen (secondary N) is 1. The fraction of sp³-hybridized carbons (Fsp3) is 0.353. The standard InChI is InChI=1S/C17H21N3S/c1-2-9-18-14(11-15-6-5-10-21-15)12-20-13-19-16-7-3-4-8-17(16)20/h3-8,10,13-14,18H,2,9,11-12H2,1H3. The van der Waals surface area contributed by atoms with Gasteiger partial charge in [-0.2, -0.15) is 0 Å². The van der Waals surface area contributed by atoms with Crippen LogP contribution in [0.3, 0.4) is 0 Å². The number of thiophene rings is 1. The highest BCUT2D eigenvalue weighted by Gasteiger charge is 2.12. The summed E-state index contributed by atoms with van der Waals surface area (Å²) < 4.78 is 2.26. The van der Waals surface area contributed by atoms with Crippen LogP contribution in [0, 0.1) is 0 Å². The topological polar surface area (TPSA) is 29.9 Å². The van der Waals surface area contributed by atoms with E-state index in [9.17, 15) is 0 Å². The number of aromatic nitrogens is 2. The molecule has 1 atom stereocenters. The first-order valence-electron chi connectivity index (χ1n) is 7.52. The fourth-order valence-corrected chi connectivity index (χ4v) is 3.40. The Kier molecular flexibility index (Phi) is 4.68. The summed E-state index contributed by atoms with van der Waals surface area (Å²) in [5, 5.41) is 5.82. The second-order valence-corrected chi connectivity index (χ2v) is 6.35. The van der Waals surface area contributed by atoms with Crippen molar-refractivity contribution >= 4 is 22.4 Å². The minimum absolute atomic E-state index is 0.446. The zero-order valence-electron chi connectivity index (χ0n) is 12.3. The third-order valence-electron chi connectivity index (χ3n) is 3.66. The van der Waals surface area contributed by atoms with Crippen molar-refractivity contribution in [3.05, 3.63) is 53.0 Å². The Hall–Kier alpha value is -1.65. The minimum atomic E-state index is 0.446. The molecule has 4 heteroatoms. The van der Waals surface area contributed by atoms with Crippen molar-refractivity contribution in [3.63, 3.8) is 0 Å². The van der Waals surface area contributed by atoms with Crippen molar-refractivity contribution in [2.45, 2.75) is 32.4 Å². The summed E-state index contributed by atoms with van der Waals surface area (Å²) in [4.78, 5) is 5.92. The van der Waals surface area contributed by atoms with Crippen molar-refractivity contribution < 1.29 is 0 Å². The van der Waals surface area contributed by atoms with Crippen LogP contribution in [0.4, 0.5) is 0 Å². The number of hydrogen-bond acceptors (Lipinski definition) is 3. The maximum absolute atomic E-state index is 4.49. The smallest absolute Gasteiger partial charge is 0.0958 e. The monoisotopic (exact) mass is 299 g/mol. The lowest BCUT2D eigenvalue weighted by atomic mass is 10.1. The van der Waals surface area contributed by atoms with E-state index >= 15 is 0 Å². The minimum Gasteiger partial charge on any atom is -0.329 e. The summed E-state index contributed by atoms with van der Waals surface area (Å²) in [6.45, 7) is 4.23. The molecule has 3 aromatic rings. The number of rotatable bonds is 7. The SMILES string of the molecule is CCCNC(Cc1cccs1)Cn1cnc2ccccc21. The van der Waals surface area contributed by atoms with E-state index in [-0.39, 0.29) is 0 Å². The van der Waals surface area contributed by atoms with Crippen molar-refractivity contribution in [1.82, 2.24) is 14.9 Å². The molecule has 2 aromatic heterocycles. The molecular formula is C17H21N3S. The molecule has 0 aliphatic rings. The number of nitrogens with zero attached hydrogens (tertiary/aromatic N) is 2. The molecule has 3 rings (SSSR count). The summed E-state index contributed by atoms with van der Waals surface area (Å²) in [7, 11) is 0. The van der Waals surface area contributed by atoms with Gasteiger partial charge in [-0.05, 0) is 43.0 Å². The molecule has 0 aliphatic carbocycles. The summed E-state index contributed by atoms with van der Waals surface area (Å²) in [5.41, 5.74) is 2.29. The summed E-state index contributed by atoms with van der Waals surface area (Å²) in [6, 6.07) is 13.1. The van der Waals surface area contributed by atoms with Crippen LogP contribution >= 0.6 is 11.3 Å². The Morgan fingerprint density at radius 1 is 1.24 bits per heavy atom. The van der Waals surface area contributed by atoms with Gasteiger partial charge < -0.3 is 9.88 Å². The van der Waals surface area contributed by atoms with Gasteiger partial charge in [0.15, 0.2) is 0 Å². The molecule has 0 aliphatic heterocycles. The Bertz CT molecular complexity index is 672. The number of hydrogen-bond donors (Lipinski definition) is 1. The Balaban J connectivity index is 1.76. The van der Waals surface area contributed by atoms with Crippen LogP contribution in [0.25, 0.3) is 11.0 Å². The highest BCUT2D eigenvalue weighted by molar-refractivity contribution is 7.09. The Labute approximate surface area is 129 Å².